The van der Waals surface area contributed by atoms with Crippen molar-refractivity contribution in [3.05, 3.63) is 70.3 Å². The Labute approximate surface area is 200 Å². The maximum absolute atomic E-state index is 12.5. The number of carbonyl (C=O) groups is 1. The molecule has 0 fully saturated rings. The quantitative estimate of drug-likeness (QED) is 0.325. The van der Waals surface area contributed by atoms with Gasteiger partial charge in [0.2, 0.25) is 5.88 Å². The monoisotopic (exact) mass is 457 g/mol. The van der Waals surface area contributed by atoms with E-state index in [1.54, 1.807) is 0 Å². The summed E-state index contributed by atoms with van der Waals surface area (Å²) in [4.78, 5) is 17.1. The van der Waals surface area contributed by atoms with Crippen molar-refractivity contribution in [3.8, 4) is 17.0 Å². The van der Waals surface area contributed by atoms with Crippen LogP contribution in [0.15, 0.2) is 42.5 Å². The van der Waals surface area contributed by atoms with E-state index in [2.05, 4.69) is 4.98 Å². The maximum atomic E-state index is 12.5. The Morgan fingerprint density at radius 3 is 2.12 bits per heavy atom. The number of aryl methyl sites for hydroxylation is 4. The largest absolute Gasteiger partial charge is 0.493 e. The lowest BCUT2D eigenvalue weighted by Crippen LogP contribution is -2.28. The average molecular weight is 458 g/mol. The van der Waals surface area contributed by atoms with E-state index in [0.29, 0.717) is 22.0 Å². The van der Waals surface area contributed by atoms with Crippen molar-refractivity contribution in [2.75, 3.05) is 0 Å². The molecule has 4 aromatic rings. The van der Waals surface area contributed by atoms with Gasteiger partial charge in [0.15, 0.2) is 6.10 Å². The van der Waals surface area contributed by atoms with E-state index < -0.39 is 17.7 Å². The highest BCUT2D eigenvalue weighted by molar-refractivity contribution is 6.13. The van der Waals surface area contributed by atoms with Gasteiger partial charge in [0.25, 0.3) is 0 Å². The van der Waals surface area contributed by atoms with E-state index in [4.69, 9.17) is 4.74 Å². The number of hydrogen-bond acceptors (Lipinski definition) is 4. The minimum atomic E-state index is -1.20. The first-order valence-electron chi connectivity index (χ1n) is 11.4. The lowest BCUT2D eigenvalue weighted by Gasteiger charge is -2.29. The van der Waals surface area contributed by atoms with Gasteiger partial charge in [0.05, 0.1) is 11.1 Å². The molecule has 0 aliphatic heterocycles. The number of nitrogens with zero attached hydrogens (tertiary/aromatic N) is 1. The van der Waals surface area contributed by atoms with E-state index in [0.717, 1.165) is 38.6 Å². The number of hydrogen-bond donors (Lipinski definition) is 2. The number of pyridine rings is 1. The van der Waals surface area contributed by atoms with Gasteiger partial charge in [-0.15, -0.1) is 0 Å². The summed E-state index contributed by atoms with van der Waals surface area (Å²) in [7, 11) is 0. The third-order valence-electron chi connectivity index (χ3n) is 6.22. The Hall–Kier alpha value is -3.44. The summed E-state index contributed by atoms with van der Waals surface area (Å²) >= 11 is 0. The minimum absolute atomic E-state index is 0.0636. The molecule has 176 valence electrons. The zero-order valence-electron chi connectivity index (χ0n) is 20.8. The summed E-state index contributed by atoms with van der Waals surface area (Å²) in [5.74, 6) is -1.13. The van der Waals surface area contributed by atoms with Crippen molar-refractivity contribution in [2.24, 2.45) is 0 Å². The number of carboxylic acid groups (broad SMARTS) is 1. The van der Waals surface area contributed by atoms with Gasteiger partial charge >= 0.3 is 5.97 Å². The molecular weight excluding hydrogens is 426 g/mol. The first-order chi connectivity index (χ1) is 15.9. The average Bonchev–Trinajstić information content (AvgIpc) is 2.75. The standard InChI is InChI=1S/C29H31NO4/c1-15-8-11-19(12-9-15)22-17(3)23-20-13-10-16(2)14-21(20)27(31)30-25(23)18(4)24(22)26(28(32)33)34-29(5,6)7/h8-14,26H,1-7H3,(H,30,31)(H,32,33)/t26-/m0/s1. The van der Waals surface area contributed by atoms with Crippen LogP contribution in [0.3, 0.4) is 0 Å². The molecule has 0 aliphatic rings. The Bertz CT molecular complexity index is 1430. The third kappa shape index (κ3) is 4.12. The summed E-state index contributed by atoms with van der Waals surface area (Å²) in [5.41, 5.74) is 5.95. The lowest BCUT2D eigenvalue weighted by atomic mass is 9.84. The second-order valence-corrected chi connectivity index (χ2v) is 10.1. The van der Waals surface area contributed by atoms with Gasteiger partial charge in [-0.1, -0.05) is 47.5 Å². The molecule has 0 spiro atoms. The molecule has 0 aliphatic carbocycles. The van der Waals surface area contributed by atoms with Crippen LogP contribution in [0, 0.1) is 27.7 Å². The van der Waals surface area contributed by atoms with E-state index in [9.17, 15) is 15.0 Å². The highest BCUT2D eigenvalue weighted by Crippen LogP contribution is 2.44. The summed E-state index contributed by atoms with van der Waals surface area (Å²) < 4.78 is 6.10. The fourth-order valence-corrected chi connectivity index (χ4v) is 4.71. The van der Waals surface area contributed by atoms with Gasteiger partial charge < -0.3 is 14.9 Å². The number of rotatable bonds is 4. The molecule has 0 saturated heterocycles. The van der Waals surface area contributed by atoms with E-state index >= 15 is 0 Å². The maximum Gasteiger partial charge on any atom is 0.337 e. The molecule has 1 atom stereocenters. The van der Waals surface area contributed by atoms with E-state index in [1.807, 2.05) is 90.9 Å². The number of aromatic nitrogens is 1. The normalized spacial score (nSPS) is 12.9. The Kier molecular flexibility index (Phi) is 5.86. The zero-order chi connectivity index (χ0) is 24.9. The van der Waals surface area contributed by atoms with Crippen LogP contribution < -0.4 is 0 Å². The van der Waals surface area contributed by atoms with Gasteiger partial charge in [0.1, 0.15) is 0 Å². The van der Waals surface area contributed by atoms with Crippen LogP contribution in [-0.2, 0) is 9.53 Å². The molecule has 1 heterocycles. The van der Waals surface area contributed by atoms with Crippen molar-refractivity contribution in [2.45, 2.75) is 60.2 Å². The van der Waals surface area contributed by atoms with E-state index in [1.165, 1.54) is 0 Å². The van der Waals surface area contributed by atoms with Crippen LogP contribution in [0.2, 0.25) is 0 Å². The first kappa shape index (κ1) is 23.7. The molecular formula is C29H31NO4. The van der Waals surface area contributed by atoms with Crippen molar-refractivity contribution < 1.29 is 19.7 Å². The summed E-state index contributed by atoms with van der Waals surface area (Å²) in [5, 5.41) is 23.5. The van der Waals surface area contributed by atoms with Crippen LogP contribution in [0.25, 0.3) is 32.8 Å². The SMILES string of the molecule is Cc1ccc(-c2c([C@H](OC(C)(C)C)C(=O)O)c(C)c3nc(O)c4cc(C)ccc4c3c2C)cc1. The van der Waals surface area contributed by atoms with Crippen molar-refractivity contribution in [3.63, 3.8) is 0 Å². The van der Waals surface area contributed by atoms with E-state index in [-0.39, 0.29) is 5.88 Å². The number of carboxylic acids is 1. The highest BCUT2D eigenvalue weighted by Gasteiger charge is 2.33. The molecule has 0 radical (unpaired) electrons. The number of fused-ring (bicyclic) bond motifs is 3. The smallest absolute Gasteiger partial charge is 0.337 e. The number of benzene rings is 3. The van der Waals surface area contributed by atoms with Crippen molar-refractivity contribution in [1.82, 2.24) is 4.98 Å². The zero-order valence-corrected chi connectivity index (χ0v) is 20.8. The molecule has 4 rings (SSSR count). The number of ether oxygens (including phenoxy) is 1. The third-order valence-corrected chi connectivity index (χ3v) is 6.22. The minimum Gasteiger partial charge on any atom is -0.493 e. The summed E-state index contributed by atoms with van der Waals surface area (Å²) in [6, 6.07) is 14.0. The van der Waals surface area contributed by atoms with Gasteiger partial charge in [-0.25, -0.2) is 9.78 Å². The second-order valence-electron chi connectivity index (χ2n) is 10.1. The van der Waals surface area contributed by atoms with Gasteiger partial charge in [-0.2, -0.15) is 0 Å². The molecule has 3 aromatic carbocycles. The number of aromatic hydroxyl groups is 1. The fraction of sp³-hybridized carbons (Fsp3) is 0.310. The molecule has 1 aromatic heterocycles. The molecule has 5 heteroatoms. The topological polar surface area (TPSA) is 79.7 Å². The second kappa shape index (κ2) is 8.41. The fourth-order valence-electron chi connectivity index (χ4n) is 4.71. The Morgan fingerprint density at radius 1 is 0.912 bits per heavy atom. The predicted octanol–water partition coefficient (Wildman–Crippen LogP) is 6.94. The number of aliphatic carboxylic acids is 1. The molecule has 5 nitrogen and oxygen atoms in total. The van der Waals surface area contributed by atoms with Gasteiger partial charge in [-0.3, -0.25) is 0 Å². The molecule has 0 unspecified atom stereocenters. The first-order valence-corrected chi connectivity index (χ1v) is 11.4. The van der Waals surface area contributed by atoms with Crippen molar-refractivity contribution >= 4 is 27.6 Å². The lowest BCUT2D eigenvalue weighted by molar-refractivity contribution is -0.160. The van der Waals surface area contributed by atoms with Crippen LogP contribution >= 0.6 is 0 Å². The molecule has 0 saturated carbocycles. The predicted molar refractivity (Wildman–Crippen MR) is 137 cm³/mol. The summed E-state index contributed by atoms with van der Waals surface area (Å²) in [6.07, 6.45) is -1.20. The summed E-state index contributed by atoms with van der Waals surface area (Å²) in [6.45, 7) is 13.4. The van der Waals surface area contributed by atoms with Gasteiger partial charge in [0, 0.05) is 16.3 Å². The van der Waals surface area contributed by atoms with Crippen LogP contribution in [-0.4, -0.2) is 26.8 Å². The van der Waals surface area contributed by atoms with Crippen LogP contribution in [0.1, 0.15) is 54.7 Å². The van der Waals surface area contributed by atoms with Crippen LogP contribution in [0.5, 0.6) is 5.88 Å². The Morgan fingerprint density at radius 2 is 1.53 bits per heavy atom. The Balaban J connectivity index is 2.22. The van der Waals surface area contributed by atoms with Crippen LogP contribution in [0.4, 0.5) is 0 Å². The van der Waals surface area contributed by atoms with Crippen molar-refractivity contribution in [1.29, 1.82) is 0 Å². The molecule has 2 N–H and O–H groups in total. The molecule has 0 amide bonds. The van der Waals surface area contributed by atoms with Gasteiger partial charge in [-0.05, 0) is 82.2 Å². The molecule has 0 bridgehead atoms. The highest BCUT2D eigenvalue weighted by atomic mass is 16.5. The molecule has 34 heavy (non-hydrogen) atoms.